The van der Waals surface area contributed by atoms with Gasteiger partial charge in [-0.05, 0) is 40.2 Å². The topological polar surface area (TPSA) is 17.8 Å². The zero-order valence-corrected chi connectivity index (χ0v) is 12.6. The maximum atomic E-state index is 4.22. The number of halogens is 1. The van der Waals surface area contributed by atoms with Crippen LogP contribution in [-0.4, -0.2) is 9.55 Å². The van der Waals surface area contributed by atoms with Gasteiger partial charge in [-0.1, -0.05) is 19.3 Å². The van der Waals surface area contributed by atoms with E-state index >= 15 is 0 Å². The maximum Gasteiger partial charge on any atom is 0.0952 e. The Labute approximate surface area is 120 Å². The molecule has 2 aromatic heterocycles. The van der Waals surface area contributed by atoms with Crippen LogP contribution >= 0.6 is 27.3 Å². The third-order valence-corrected chi connectivity index (χ3v) is 5.52. The van der Waals surface area contributed by atoms with Gasteiger partial charge in [0.2, 0.25) is 0 Å². The van der Waals surface area contributed by atoms with E-state index < -0.39 is 0 Å². The van der Waals surface area contributed by atoms with E-state index in [2.05, 4.69) is 43.1 Å². The number of thiophene rings is 1. The highest BCUT2D eigenvalue weighted by Gasteiger charge is 2.29. The highest BCUT2D eigenvalue weighted by Crippen LogP contribution is 2.43. The molecule has 2 nitrogen and oxygen atoms in total. The van der Waals surface area contributed by atoms with Crippen LogP contribution in [0.2, 0.25) is 0 Å². The summed E-state index contributed by atoms with van der Waals surface area (Å²) in [5.41, 5.74) is 0. The van der Waals surface area contributed by atoms with Crippen molar-refractivity contribution in [2.24, 2.45) is 0 Å². The van der Waals surface area contributed by atoms with E-state index in [1.165, 1.54) is 41.5 Å². The van der Waals surface area contributed by atoms with Gasteiger partial charge < -0.3 is 4.57 Å². The second-order valence-corrected chi connectivity index (χ2v) is 6.57. The minimum absolute atomic E-state index is 0.377. The molecule has 0 aliphatic heterocycles. The van der Waals surface area contributed by atoms with Gasteiger partial charge in [-0.3, -0.25) is 0 Å². The van der Waals surface area contributed by atoms with Crippen molar-refractivity contribution < 1.29 is 0 Å². The quantitative estimate of drug-likeness (QED) is 0.790. The average Bonchev–Trinajstić information content (AvgIpc) is 3.05. The molecule has 2 heterocycles. The zero-order valence-electron chi connectivity index (χ0n) is 10.2. The molecule has 1 fully saturated rings. The standard InChI is InChI=1S/C14H16BrN2S/c15-12-6-9-18-14(12)13(17-8-7-16-10-17)11-4-2-1-3-5-11/h6-10,13H,1-5H2. The molecule has 2 aromatic rings. The molecule has 0 saturated heterocycles. The van der Waals surface area contributed by atoms with Crippen LogP contribution in [0.15, 0.2) is 34.6 Å². The summed E-state index contributed by atoms with van der Waals surface area (Å²) in [7, 11) is 0. The predicted molar refractivity (Wildman–Crippen MR) is 78.7 cm³/mol. The minimum atomic E-state index is 0.377. The number of hydrogen-bond acceptors (Lipinski definition) is 2. The number of aromatic nitrogens is 2. The lowest BCUT2D eigenvalue weighted by atomic mass is 9.83. The van der Waals surface area contributed by atoms with Crippen LogP contribution in [0.3, 0.4) is 0 Å². The van der Waals surface area contributed by atoms with Gasteiger partial charge in [0.1, 0.15) is 0 Å². The Morgan fingerprint density at radius 1 is 1.28 bits per heavy atom. The van der Waals surface area contributed by atoms with Crippen LogP contribution in [0, 0.1) is 5.92 Å². The van der Waals surface area contributed by atoms with E-state index in [1.807, 2.05) is 23.9 Å². The van der Waals surface area contributed by atoms with Gasteiger partial charge in [0.25, 0.3) is 0 Å². The SMILES string of the molecule is Brc1ccsc1C([C]1CCCCC1)n1ccnc1. The molecule has 0 bridgehead atoms. The van der Waals surface area contributed by atoms with Gasteiger partial charge in [0, 0.05) is 27.7 Å². The summed E-state index contributed by atoms with van der Waals surface area (Å²) >= 11 is 5.52. The van der Waals surface area contributed by atoms with Gasteiger partial charge in [-0.25, -0.2) is 4.98 Å². The first-order chi connectivity index (χ1) is 8.86. The Morgan fingerprint density at radius 3 is 2.72 bits per heavy atom. The molecule has 1 unspecified atom stereocenters. The average molecular weight is 324 g/mol. The van der Waals surface area contributed by atoms with Crippen LogP contribution in [-0.2, 0) is 0 Å². The molecule has 18 heavy (non-hydrogen) atoms. The van der Waals surface area contributed by atoms with E-state index in [0.29, 0.717) is 6.04 Å². The molecule has 1 atom stereocenters. The summed E-state index contributed by atoms with van der Waals surface area (Å²) in [5, 5.41) is 2.16. The lowest BCUT2D eigenvalue weighted by molar-refractivity contribution is 0.447. The molecule has 3 rings (SSSR count). The molecular weight excluding hydrogens is 308 g/mol. The molecule has 0 aromatic carbocycles. The molecule has 4 heteroatoms. The smallest absolute Gasteiger partial charge is 0.0952 e. The van der Waals surface area contributed by atoms with Crippen molar-refractivity contribution in [1.82, 2.24) is 9.55 Å². The molecule has 0 amide bonds. The van der Waals surface area contributed by atoms with Crippen molar-refractivity contribution in [3.8, 4) is 0 Å². The van der Waals surface area contributed by atoms with Crippen LogP contribution in [0.5, 0.6) is 0 Å². The summed E-state index contributed by atoms with van der Waals surface area (Å²) in [4.78, 5) is 5.62. The van der Waals surface area contributed by atoms with Gasteiger partial charge >= 0.3 is 0 Å². The largest absolute Gasteiger partial charge is 0.329 e. The van der Waals surface area contributed by atoms with Gasteiger partial charge in [-0.15, -0.1) is 11.3 Å². The monoisotopic (exact) mass is 323 g/mol. The van der Waals surface area contributed by atoms with Gasteiger partial charge in [0.05, 0.1) is 12.4 Å². The summed E-state index contributed by atoms with van der Waals surface area (Å²) in [6.07, 6.45) is 12.5. The van der Waals surface area contributed by atoms with Crippen molar-refractivity contribution in [2.45, 2.75) is 38.1 Å². The van der Waals surface area contributed by atoms with Gasteiger partial charge in [0.15, 0.2) is 0 Å². The fourth-order valence-corrected chi connectivity index (χ4v) is 4.49. The maximum absolute atomic E-state index is 4.22. The summed E-state index contributed by atoms with van der Waals surface area (Å²) < 4.78 is 3.47. The molecule has 1 saturated carbocycles. The van der Waals surface area contributed by atoms with E-state index in [1.54, 1.807) is 5.92 Å². The number of hydrogen-bond donors (Lipinski definition) is 0. The minimum Gasteiger partial charge on any atom is -0.329 e. The van der Waals surface area contributed by atoms with Crippen molar-refractivity contribution in [2.75, 3.05) is 0 Å². The summed E-state index contributed by atoms with van der Waals surface area (Å²) in [6.45, 7) is 0. The number of imidazole rings is 1. The molecule has 1 aliphatic rings. The van der Waals surface area contributed by atoms with Crippen LogP contribution in [0.4, 0.5) is 0 Å². The Balaban J connectivity index is 1.96. The van der Waals surface area contributed by atoms with Crippen molar-refractivity contribution in [1.29, 1.82) is 0 Å². The Hall–Kier alpha value is -0.610. The van der Waals surface area contributed by atoms with Crippen LogP contribution in [0.1, 0.15) is 43.0 Å². The van der Waals surface area contributed by atoms with Crippen molar-refractivity contribution in [3.05, 3.63) is 45.4 Å². The predicted octanol–water partition coefficient (Wildman–Crippen LogP) is 4.84. The number of nitrogens with zero attached hydrogens (tertiary/aromatic N) is 2. The summed E-state index contributed by atoms with van der Waals surface area (Å²) in [5.74, 6) is 1.66. The first-order valence-electron chi connectivity index (χ1n) is 6.41. The molecule has 1 aliphatic carbocycles. The Kier molecular flexibility index (Phi) is 3.85. The normalized spacial score (nSPS) is 18.9. The van der Waals surface area contributed by atoms with Crippen molar-refractivity contribution in [3.63, 3.8) is 0 Å². The fraction of sp³-hybridized carbons (Fsp3) is 0.429. The van der Waals surface area contributed by atoms with Crippen LogP contribution in [0.25, 0.3) is 0 Å². The highest BCUT2D eigenvalue weighted by atomic mass is 79.9. The third-order valence-electron chi connectivity index (χ3n) is 3.60. The molecule has 0 N–H and O–H groups in total. The second kappa shape index (κ2) is 5.57. The lowest BCUT2D eigenvalue weighted by Crippen LogP contribution is -2.19. The lowest BCUT2D eigenvalue weighted by Gasteiger charge is -2.30. The molecule has 95 valence electrons. The Morgan fingerprint density at radius 2 is 2.11 bits per heavy atom. The first-order valence-corrected chi connectivity index (χ1v) is 8.08. The highest BCUT2D eigenvalue weighted by molar-refractivity contribution is 9.10. The summed E-state index contributed by atoms with van der Waals surface area (Å²) in [6, 6.07) is 2.52. The third kappa shape index (κ3) is 2.41. The first kappa shape index (κ1) is 12.4. The van der Waals surface area contributed by atoms with Crippen LogP contribution < -0.4 is 0 Å². The van der Waals surface area contributed by atoms with Crippen molar-refractivity contribution >= 4 is 27.3 Å². The molecular formula is C14H16BrN2S. The van der Waals surface area contributed by atoms with E-state index in [0.717, 1.165) is 0 Å². The fourth-order valence-electron chi connectivity index (χ4n) is 2.73. The molecule has 0 spiro atoms. The Bertz CT molecular complexity index is 486. The zero-order chi connectivity index (χ0) is 12.4. The molecule has 1 radical (unpaired) electrons. The van der Waals surface area contributed by atoms with E-state index in [4.69, 9.17) is 0 Å². The van der Waals surface area contributed by atoms with E-state index in [-0.39, 0.29) is 0 Å². The second-order valence-electron chi connectivity index (χ2n) is 4.76. The van der Waals surface area contributed by atoms with E-state index in [9.17, 15) is 0 Å². The van der Waals surface area contributed by atoms with Gasteiger partial charge in [-0.2, -0.15) is 0 Å². The number of rotatable bonds is 3.